The molecular weight excluding hydrogens is 356 g/mol. The van der Waals surface area contributed by atoms with E-state index in [1.807, 2.05) is 76.8 Å². The monoisotopic (exact) mass is 372 g/mol. The zero-order valence-electron chi connectivity index (χ0n) is 14.3. The molecule has 1 amide bonds. The lowest BCUT2D eigenvalue weighted by molar-refractivity contribution is -0.115. The average molecular weight is 372 g/mol. The Morgan fingerprint density at radius 3 is 2.81 bits per heavy atom. The highest BCUT2D eigenvalue weighted by atomic mass is 32.1. The van der Waals surface area contributed by atoms with Gasteiger partial charge in [0.05, 0.1) is 6.42 Å². The molecule has 0 aliphatic heterocycles. The lowest BCUT2D eigenvalue weighted by atomic mass is 10.1. The molecule has 0 atom stereocenters. The van der Waals surface area contributed by atoms with Crippen molar-refractivity contribution in [3.63, 3.8) is 0 Å². The summed E-state index contributed by atoms with van der Waals surface area (Å²) >= 11 is 1.55. The number of anilines is 1. The number of aromatic amines is 1. The highest BCUT2D eigenvalue weighted by molar-refractivity contribution is 7.15. The summed E-state index contributed by atoms with van der Waals surface area (Å²) in [4.78, 5) is 21.6. The molecule has 5 nitrogen and oxygen atoms in total. The minimum atomic E-state index is -0.0649. The number of rotatable bonds is 4. The van der Waals surface area contributed by atoms with Crippen LogP contribution < -0.4 is 5.32 Å². The first-order valence-corrected chi connectivity index (χ1v) is 9.53. The van der Waals surface area contributed by atoms with Gasteiger partial charge in [-0.3, -0.25) is 9.20 Å². The van der Waals surface area contributed by atoms with Gasteiger partial charge in [-0.25, -0.2) is 4.98 Å². The number of aromatic nitrogens is 3. The highest BCUT2D eigenvalue weighted by Crippen LogP contribution is 2.30. The fourth-order valence-electron chi connectivity index (χ4n) is 3.33. The number of hydrogen-bond donors (Lipinski definition) is 2. The van der Waals surface area contributed by atoms with Crippen molar-refractivity contribution in [2.24, 2.45) is 0 Å². The molecule has 2 aromatic carbocycles. The van der Waals surface area contributed by atoms with E-state index >= 15 is 0 Å². The Kier molecular flexibility index (Phi) is 3.76. The van der Waals surface area contributed by atoms with Crippen molar-refractivity contribution < 1.29 is 4.79 Å². The number of para-hydroxylation sites is 1. The van der Waals surface area contributed by atoms with Gasteiger partial charge in [-0.15, -0.1) is 11.3 Å². The molecule has 3 aromatic heterocycles. The van der Waals surface area contributed by atoms with Crippen LogP contribution in [0.5, 0.6) is 0 Å². The molecule has 5 aromatic rings. The number of nitrogens with one attached hydrogen (secondary N) is 2. The number of carbonyl (C=O) groups is 1. The van der Waals surface area contributed by atoms with Gasteiger partial charge in [0, 0.05) is 34.2 Å². The van der Waals surface area contributed by atoms with Crippen LogP contribution in [-0.2, 0) is 11.2 Å². The number of fused-ring (bicyclic) bond motifs is 2. The van der Waals surface area contributed by atoms with E-state index in [4.69, 9.17) is 4.98 Å². The summed E-state index contributed by atoms with van der Waals surface area (Å²) < 4.78 is 1.93. The van der Waals surface area contributed by atoms with Crippen LogP contribution in [0.25, 0.3) is 27.1 Å². The predicted molar refractivity (Wildman–Crippen MR) is 109 cm³/mol. The molecule has 3 heterocycles. The highest BCUT2D eigenvalue weighted by Gasteiger charge is 2.18. The van der Waals surface area contributed by atoms with Crippen molar-refractivity contribution in [2.45, 2.75) is 6.42 Å². The fourth-order valence-corrected chi connectivity index (χ4v) is 4.04. The van der Waals surface area contributed by atoms with E-state index < -0.39 is 0 Å². The van der Waals surface area contributed by atoms with Gasteiger partial charge in [0.2, 0.25) is 5.91 Å². The molecule has 0 aliphatic rings. The number of carbonyl (C=O) groups excluding carboxylic acids is 1. The fraction of sp³-hybridized carbons (Fsp3) is 0.0476. The summed E-state index contributed by atoms with van der Waals surface area (Å²) in [5.41, 5.74) is 3.79. The van der Waals surface area contributed by atoms with Gasteiger partial charge in [-0.2, -0.15) is 0 Å². The molecule has 5 rings (SSSR count). The zero-order chi connectivity index (χ0) is 18.2. The average Bonchev–Trinajstić information content (AvgIpc) is 3.39. The number of imidazole rings is 1. The second kappa shape index (κ2) is 6.41. The molecule has 0 bridgehead atoms. The van der Waals surface area contributed by atoms with Crippen molar-refractivity contribution in [1.82, 2.24) is 14.4 Å². The van der Waals surface area contributed by atoms with Gasteiger partial charge < -0.3 is 10.3 Å². The van der Waals surface area contributed by atoms with Gasteiger partial charge in [-0.1, -0.05) is 48.5 Å². The summed E-state index contributed by atoms with van der Waals surface area (Å²) in [7, 11) is 0. The second-order valence-electron chi connectivity index (χ2n) is 6.32. The summed E-state index contributed by atoms with van der Waals surface area (Å²) in [6.07, 6.45) is 4.13. The van der Waals surface area contributed by atoms with E-state index in [0.717, 1.165) is 32.7 Å². The summed E-state index contributed by atoms with van der Waals surface area (Å²) in [6, 6.07) is 17.9. The molecule has 0 radical (unpaired) electrons. The number of nitrogens with zero attached hydrogens (tertiary/aromatic N) is 2. The topological polar surface area (TPSA) is 62.2 Å². The van der Waals surface area contributed by atoms with E-state index in [-0.39, 0.29) is 5.91 Å². The molecule has 27 heavy (non-hydrogen) atoms. The molecular formula is C21H16N4OS. The molecule has 0 unspecified atom stereocenters. The first-order chi connectivity index (χ1) is 13.3. The van der Waals surface area contributed by atoms with Gasteiger partial charge in [0.1, 0.15) is 11.5 Å². The van der Waals surface area contributed by atoms with Crippen LogP contribution in [0, 0.1) is 0 Å². The molecule has 0 spiro atoms. The Morgan fingerprint density at radius 2 is 1.93 bits per heavy atom. The van der Waals surface area contributed by atoms with Crippen LogP contribution in [-0.4, -0.2) is 20.3 Å². The smallest absolute Gasteiger partial charge is 0.230 e. The summed E-state index contributed by atoms with van der Waals surface area (Å²) in [5, 5.41) is 6.11. The number of hydrogen-bond acceptors (Lipinski definition) is 3. The van der Waals surface area contributed by atoms with E-state index in [1.54, 1.807) is 11.3 Å². The minimum absolute atomic E-state index is 0.0649. The number of benzene rings is 2. The molecule has 0 saturated heterocycles. The Morgan fingerprint density at radius 1 is 1.11 bits per heavy atom. The number of thiazole rings is 1. The van der Waals surface area contributed by atoms with Crippen molar-refractivity contribution >= 4 is 38.9 Å². The quantitative estimate of drug-likeness (QED) is 0.479. The lowest BCUT2D eigenvalue weighted by Gasteiger charge is -2.07. The van der Waals surface area contributed by atoms with Crippen LogP contribution in [0.2, 0.25) is 0 Å². The standard InChI is InChI=1S/C21H16N4OS/c26-18(12-15-13-22-17-9-5-4-8-16(15)17)23-20-19(14-6-2-1-3-7-14)24-21-25(20)10-11-27-21/h1-11,13,22H,12H2,(H,23,26). The summed E-state index contributed by atoms with van der Waals surface area (Å²) in [5.74, 6) is 0.646. The Labute approximate surface area is 159 Å². The Bertz CT molecular complexity index is 1250. The van der Waals surface area contributed by atoms with Crippen molar-refractivity contribution in [2.75, 3.05) is 5.32 Å². The molecule has 2 N–H and O–H groups in total. The zero-order valence-corrected chi connectivity index (χ0v) is 15.2. The van der Waals surface area contributed by atoms with Crippen molar-refractivity contribution in [3.05, 3.63) is 77.9 Å². The predicted octanol–water partition coefficient (Wildman–Crippen LogP) is 4.73. The minimum Gasteiger partial charge on any atom is -0.361 e. The lowest BCUT2D eigenvalue weighted by Crippen LogP contribution is -2.16. The molecule has 132 valence electrons. The van der Waals surface area contributed by atoms with Gasteiger partial charge in [0.25, 0.3) is 0 Å². The number of amides is 1. The maximum atomic E-state index is 12.8. The molecule has 0 aliphatic carbocycles. The van der Waals surface area contributed by atoms with Gasteiger partial charge in [0.15, 0.2) is 4.96 Å². The third-order valence-corrected chi connectivity index (χ3v) is 5.35. The van der Waals surface area contributed by atoms with E-state index in [2.05, 4.69) is 10.3 Å². The molecule has 0 fully saturated rings. The second-order valence-corrected chi connectivity index (χ2v) is 7.19. The molecule has 0 saturated carbocycles. The number of H-pyrrole nitrogens is 1. The van der Waals surface area contributed by atoms with Crippen molar-refractivity contribution in [3.8, 4) is 11.3 Å². The first-order valence-electron chi connectivity index (χ1n) is 8.65. The van der Waals surface area contributed by atoms with Crippen LogP contribution in [0.1, 0.15) is 5.56 Å². The van der Waals surface area contributed by atoms with Crippen LogP contribution in [0.3, 0.4) is 0 Å². The van der Waals surface area contributed by atoms with Crippen LogP contribution in [0.4, 0.5) is 5.82 Å². The Balaban J connectivity index is 1.49. The molecule has 6 heteroatoms. The summed E-state index contributed by atoms with van der Waals surface area (Å²) in [6.45, 7) is 0. The van der Waals surface area contributed by atoms with Crippen LogP contribution in [0.15, 0.2) is 72.4 Å². The van der Waals surface area contributed by atoms with E-state index in [9.17, 15) is 4.79 Å². The largest absolute Gasteiger partial charge is 0.361 e. The maximum absolute atomic E-state index is 12.8. The normalized spacial score (nSPS) is 11.3. The van der Waals surface area contributed by atoms with Crippen molar-refractivity contribution in [1.29, 1.82) is 0 Å². The SMILES string of the molecule is O=C(Cc1c[nH]c2ccccc12)Nc1c(-c2ccccc2)nc2sccn12. The Hall–Kier alpha value is -3.38. The maximum Gasteiger partial charge on any atom is 0.230 e. The third kappa shape index (κ3) is 2.80. The van der Waals surface area contributed by atoms with Gasteiger partial charge in [-0.05, 0) is 11.6 Å². The third-order valence-electron chi connectivity index (χ3n) is 4.59. The van der Waals surface area contributed by atoms with E-state index in [0.29, 0.717) is 12.2 Å². The van der Waals surface area contributed by atoms with E-state index in [1.165, 1.54) is 0 Å². The first kappa shape index (κ1) is 15.8. The van der Waals surface area contributed by atoms with Crippen LogP contribution >= 0.6 is 11.3 Å². The van der Waals surface area contributed by atoms with Gasteiger partial charge >= 0.3 is 0 Å².